The minimum atomic E-state index is -0.521. The van der Waals surface area contributed by atoms with Crippen molar-refractivity contribution >= 4 is 17.9 Å². The van der Waals surface area contributed by atoms with E-state index in [1.54, 1.807) is 12.3 Å². The SMILES string of the molecule is [2H]c1nc(N)c(OC)nc1-c1nc(C(C)(C)C)[nH]c1-c1ccnc(NCC(C)NC(=O)OC)n1. The van der Waals surface area contributed by atoms with E-state index in [9.17, 15) is 4.79 Å². The van der Waals surface area contributed by atoms with Crippen molar-refractivity contribution in [3.8, 4) is 28.7 Å². The number of carbonyl (C=O) groups is 1. The molecule has 33 heavy (non-hydrogen) atoms. The summed E-state index contributed by atoms with van der Waals surface area (Å²) in [5, 5.41) is 5.75. The van der Waals surface area contributed by atoms with Gasteiger partial charge in [-0.05, 0) is 13.0 Å². The average Bonchev–Trinajstić information content (AvgIpc) is 3.24. The Bertz CT molecular complexity index is 1180. The summed E-state index contributed by atoms with van der Waals surface area (Å²) in [6.45, 7) is 8.23. The Hall–Kier alpha value is -3.96. The van der Waals surface area contributed by atoms with E-state index >= 15 is 0 Å². The zero-order valence-corrected chi connectivity index (χ0v) is 19.5. The first-order chi connectivity index (χ1) is 16.0. The zero-order chi connectivity index (χ0) is 25.0. The lowest BCUT2D eigenvalue weighted by atomic mass is 9.96. The Labute approximate surface area is 193 Å². The van der Waals surface area contributed by atoms with Crippen LogP contribution in [0.25, 0.3) is 22.8 Å². The topological polar surface area (TPSA) is 166 Å². The maximum atomic E-state index is 11.4. The highest BCUT2D eigenvalue weighted by atomic mass is 16.5. The molecule has 3 aromatic heterocycles. The van der Waals surface area contributed by atoms with Gasteiger partial charge in [-0.15, -0.1) is 0 Å². The number of methoxy groups -OCH3 is 2. The Morgan fingerprint density at radius 3 is 2.67 bits per heavy atom. The maximum absolute atomic E-state index is 11.4. The fourth-order valence-electron chi connectivity index (χ4n) is 2.82. The Morgan fingerprint density at radius 1 is 1.24 bits per heavy atom. The fraction of sp³-hybridized carbons (Fsp3) is 0.429. The van der Waals surface area contributed by atoms with E-state index in [4.69, 9.17) is 16.8 Å². The molecule has 176 valence electrons. The molecular weight excluding hydrogens is 426 g/mol. The predicted octanol–water partition coefficient (Wildman–Crippen LogP) is 2.37. The number of nitrogen functional groups attached to an aromatic ring is 1. The van der Waals surface area contributed by atoms with Gasteiger partial charge in [0.15, 0.2) is 5.82 Å². The number of H-pyrrole nitrogens is 1. The first kappa shape index (κ1) is 22.2. The van der Waals surface area contributed by atoms with Crippen molar-refractivity contribution in [3.05, 3.63) is 24.3 Å². The summed E-state index contributed by atoms with van der Waals surface area (Å²) in [5.74, 6) is 1.15. The molecule has 3 heterocycles. The maximum Gasteiger partial charge on any atom is 0.407 e. The van der Waals surface area contributed by atoms with Crippen molar-refractivity contribution in [2.75, 3.05) is 31.8 Å². The van der Waals surface area contributed by atoms with Crippen LogP contribution in [0.15, 0.2) is 18.4 Å². The lowest BCUT2D eigenvalue weighted by Crippen LogP contribution is -2.37. The molecule has 0 aliphatic carbocycles. The largest absolute Gasteiger partial charge is 0.478 e. The Kier molecular flexibility index (Phi) is 6.52. The average molecular weight is 457 g/mol. The van der Waals surface area contributed by atoms with Crippen LogP contribution in [-0.2, 0) is 10.2 Å². The van der Waals surface area contributed by atoms with Gasteiger partial charge in [-0.3, -0.25) is 0 Å². The highest BCUT2D eigenvalue weighted by Gasteiger charge is 2.24. The van der Waals surface area contributed by atoms with Gasteiger partial charge in [-0.1, -0.05) is 20.8 Å². The van der Waals surface area contributed by atoms with Crippen LogP contribution >= 0.6 is 0 Å². The lowest BCUT2D eigenvalue weighted by Gasteiger charge is -2.14. The number of nitrogens with two attached hydrogens (primary N) is 1. The number of anilines is 2. The summed E-state index contributed by atoms with van der Waals surface area (Å²) in [7, 11) is 2.73. The number of imidazole rings is 1. The minimum Gasteiger partial charge on any atom is -0.478 e. The number of aromatic amines is 1. The summed E-state index contributed by atoms with van der Waals surface area (Å²) >= 11 is 0. The number of aromatic nitrogens is 6. The van der Waals surface area contributed by atoms with Crippen LogP contribution in [0.3, 0.4) is 0 Å². The van der Waals surface area contributed by atoms with Crippen LogP contribution in [0.2, 0.25) is 0 Å². The molecule has 1 atom stereocenters. The number of hydrogen-bond acceptors (Lipinski definition) is 10. The molecule has 0 saturated heterocycles. The number of ether oxygens (including phenoxy) is 2. The second kappa shape index (κ2) is 9.67. The van der Waals surface area contributed by atoms with E-state index < -0.39 is 6.09 Å². The van der Waals surface area contributed by atoms with Gasteiger partial charge in [0.05, 0.1) is 33.2 Å². The monoisotopic (exact) mass is 456 g/mol. The minimum absolute atomic E-state index is 0.0209. The number of hydrogen-bond donors (Lipinski definition) is 4. The summed E-state index contributed by atoms with van der Waals surface area (Å²) in [6.07, 6.45) is 0.940. The van der Waals surface area contributed by atoms with Crippen molar-refractivity contribution in [2.24, 2.45) is 0 Å². The number of carbonyl (C=O) groups excluding carboxylic acids is 1. The second-order valence-electron chi connectivity index (χ2n) is 8.32. The number of nitrogens with one attached hydrogen (secondary N) is 3. The van der Waals surface area contributed by atoms with Crippen LogP contribution in [0.4, 0.5) is 16.6 Å². The Balaban J connectivity index is 2.01. The molecule has 0 fully saturated rings. The zero-order valence-electron chi connectivity index (χ0n) is 20.5. The molecule has 3 rings (SSSR count). The molecule has 0 radical (unpaired) electrons. The number of alkyl carbamates (subject to hydrolysis) is 1. The van der Waals surface area contributed by atoms with Gasteiger partial charge in [-0.25, -0.2) is 29.7 Å². The van der Waals surface area contributed by atoms with E-state index in [0.29, 0.717) is 35.4 Å². The standard InChI is InChI=1S/C21H29N9O3/c1-11(26-20(31)33-6)9-25-19-23-8-7-12(28-19)14-15(30-18(29-14)21(2,3)4)13-10-24-16(22)17(27-13)32-5/h7-8,10-11H,9H2,1-6H3,(H2,22,24)(H,26,31)(H,29,30)(H,23,25,28)/i10D. The van der Waals surface area contributed by atoms with Gasteiger partial charge in [0.25, 0.3) is 5.88 Å². The van der Waals surface area contributed by atoms with Crippen LogP contribution in [0.1, 0.15) is 34.9 Å². The molecule has 0 aromatic carbocycles. The molecule has 1 unspecified atom stereocenters. The molecule has 0 aliphatic rings. The molecule has 5 N–H and O–H groups in total. The van der Waals surface area contributed by atoms with E-state index in [1.807, 2.05) is 27.7 Å². The predicted molar refractivity (Wildman–Crippen MR) is 124 cm³/mol. The second-order valence-corrected chi connectivity index (χ2v) is 8.32. The van der Waals surface area contributed by atoms with Crippen molar-refractivity contribution in [1.29, 1.82) is 0 Å². The molecule has 3 aromatic rings. The molecule has 0 spiro atoms. The van der Waals surface area contributed by atoms with Gasteiger partial charge in [0.2, 0.25) is 5.95 Å². The van der Waals surface area contributed by atoms with Crippen LogP contribution in [-0.4, -0.2) is 62.8 Å². The smallest absolute Gasteiger partial charge is 0.407 e. The number of nitrogens with zero attached hydrogens (tertiary/aromatic N) is 5. The number of rotatable bonds is 7. The van der Waals surface area contributed by atoms with Crippen molar-refractivity contribution in [2.45, 2.75) is 39.2 Å². The molecule has 12 nitrogen and oxygen atoms in total. The lowest BCUT2D eigenvalue weighted by molar-refractivity contribution is 0.168. The van der Waals surface area contributed by atoms with Crippen LogP contribution in [0, 0.1) is 0 Å². The number of amides is 1. The highest BCUT2D eigenvalue weighted by molar-refractivity contribution is 5.75. The van der Waals surface area contributed by atoms with E-state index in [1.165, 1.54) is 14.2 Å². The third-order valence-electron chi connectivity index (χ3n) is 4.57. The van der Waals surface area contributed by atoms with Crippen molar-refractivity contribution < 1.29 is 15.6 Å². The Morgan fingerprint density at radius 2 is 2.00 bits per heavy atom. The van der Waals surface area contributed by atoms with Gasteiger partial charge in [-0.2, -0.15) is 0 Å². The summed E-state index contributed by atoms with van der Waals surface area (Å²) in [6, 6.07) is 1.49. The third kappa shape index (κ3) is 5.64. The molecule has 0 saturated carbocycles. The summed E-state index contributed by atoms with van der Waals surface area (Å²) in [4.78, 5) is 36.7. The van der Waals surface area contributed by atoms with Gasteiger partial charge in [0.1, 0.15) is 17.2 Å². The van der Waals surface area contributed by atoms with E-state index in [-0.39, 0.29) is 35.0 Å². The molecule has 0 bridgehead atoms. The molecule has 12 heteroatoms. The summed E-state index contributed by atoms with van der Waals surface area (Å²) < 4.78 is 18.1. The first-order valence-corrected chi connectivity index (χ1v) is 10.2. The van der Waals surface area contributed by atoms with E-state index in [0.717, 1.165) is 0 Å². The van der Waals surface area contributed by atoms with E-state index in [2.05, 4.69) is 40.3 Å². The fourth-order valence-corrected chi connectivity index (χ4v) is 2.82. The third-order valence-corrected chi connectivity index (χ3v) is 4.57. The summed E-state index contributed by atoms with van der Waals surface area (Å²) in [5.41, 5.74) is 7.17. The van der Waals surface area contributed by atoms with Gasteiger partial charge < -0.3 is 30.8 Å². The normalized spacial score (nSPS) is 12.6. The van der Waals surface area contributed by atoms with Crippen LogP contribution in [0.5, 0.6) is 5.88 Å². The van der Waals surface area contributed by atoms with Crippen molar-refractivity contribution in [3.63, 3.8) is 0 Å². The quantitative estimate of drug-likeness (QED) is 0.414. The molecular formula is C21H29N9O3. The molecule has 1 amide bonds. The molecule has 0 aliphatic heterocycles. The van der Waals surface area contributed by atoms with Gasteiger partial charge >= 0.3 is 6.09 Å². The van der Waals surface area contributed by atoms with Crippen molar-refractivity contribution in [1.82, 2.24) is 35.2 Å². The first-order valence-electron chi connectivity index (χ1n) is 10.7. The van der Waals surface area contributed by atoms with Gasteiger partial charge in [0, 0.05) is 24.2 Å². The van der Waals surface area contributed by atoms with Crippen LogP contribution < -0.4 is 21.1 Å². The highest BCUT2D eigenvalue weighted by Crippen LogP contribution is 2.33.